The molecule has 1 amide bonds. The summed E-state index contributed by atoms with van der Waals surface area (Å²) < 4.78 is 13.3. The number of benzene rings is 1. The number of carbonyl (C=O) groups excluding carboxylic acids is 2. The molecule has 4 rings (SSSR count). The highest BCUT2D eigenvalue weighted by molar-refractivity contribution is 7.10. The lowest BCUT2D eigenvalue weighted by Gasteiger charge is -2.39. The summed E-state index contributed by atoms with van der Waals surface area (Å²) in [6.45, 7) is 8.08. The number of anilines is 1. The number of dihydropyridines is 1. The van der Waals surface area contributed by atoms with Gasteiger partial charge in [0.05, 0.1) is 5.92 Å². The molecule has 1 atom stereocenters. The molecule has 156 valence electrons. The molecule has 6 heteroatoms. The van der Waals surface area contributed by atoms with Crippen LogP contribution in [0.15, 0.2) is 58.3 Å². The first-order valence-electron chi connectivity index (χ1n) is 10.0. The van der Waals surface area contributed by atoms with Crippen LogP contribution >= 0.6 is 11.3 Å². The molecule has 4 nitrogen and oxygen atoms in total. The van der Waals surface area contributed by atoms with E-state index in [1.54, 1.807) is 11.3 Å². The second-order valence-electron chi connectivity index (χ2n) is 8.86. The Hall–Kier alpha value is -2.73. The zero-order chi connectivity index (χ0) is 21.6. The standard InChI is InChI=1S/C24H25FN2O2S/c1-13-9-10-30-22(13)21-19(23(29)27-16-7-5-15(25)6-8-16)14(2)26-17-11-24(3,4)12-18(28)20(17)21/h5-10,21,26H,11-12H2,1-4H3,(H,27,29)/t21-/m0/s1. The highest BCUT2D eigenvalue weighted by atomic mass is 32.1. The zero-order valence-corrected chi connectivity index (χ0v) is 18.4. The number of aryl methyl sites for hydroxylation is 1. The number of carbonyl (C=O) groups is 2. The monoisotopic (exact) mass is 424 g/mol. The first-order chi connectivity index (χ1) is 14.2. The minimum absolute atomic E-state index is 0.0890. The normalized spacial score (nSPS) is 20.7. The molecule has 0 saturated heterocycles. The van der Waals surface area contributed by atoms with Crippen molar-refractivity contribution in [2.45, 2.75) is 46.5 Å². The summed E-state index contributed by atoms with van der Waals surface area (Å²) in [4.78, 5) is 27.6. The van der Waals surface area contributed by atoms with Gasteiger partial charge in [-0.25, -0.2) is 4.39 Å². The number of Topliss-reactive ketones (excluding diaryl/α,β-unsaturated/α-hetero) is 1. The number of amides is 1. The largest absolute Gasteiger partial charge is 0.362 e. The molecular weight excluding hydrogens is 399 g/mol. The number of ketones is 1. The lowest BCUT2D eigenvalue weighted by Crippen LogP contribution is -2.39. The Bertz CT molecular complexity index is 1090. The molecule has 1 aliphatic heterocycles. The average molecular weight is 425 g/mol. The molecule has 0 bridgehead atoms. The van der Waals surface area contributed by atoms with Crippen molar-refractivity contribution in [3.8, 4) is 0 Å². The van der Waals surface area contributed by atoms with Gasteiger partial charge in [-0.2, -0.15) is 0 Å². The lowest BCUT2D eigenvalue weighted by molar-refractivity contribution is -0.118. The van der Waals surface area contributed by atoms with Crippen LogP contribution < -0.4 is 10.6 Å². The zero-order valence-electron chi connectivity index (χ0n) is 17.6. The Balaban J connectivity index is 1.79. The molecule has 0 spiro atoms. The van der Waals surface area contributed by atoms with Gasteiger partial charge in [0.25, 0.3) is 5.91 Å². The fourth-order valence-corrected chi connectivity index (χ4v) is 5.46. The van der Waals surface area contributed by atoms with Crippen LogP contribution in [0.3, 0.4) is 0 Å². The smallest absolute Gasteiger partial charge is 0.254 e. The van der Waals surface area contributed by atoms with E-state index in [0.29, 0.717) is 23.3 Å². The highest BCUT2D eigenvalue weighted by Gasteiger charge is 2.43. The van der Waals surface area contributed by atoms with Gasteiger partial charge in [0, 0.05) is 39.5 Å². The second kappa shape index (κ2) is 7.51. The molecule has 2 aromatic rings. The quantitative estimate of drug-likeness (QED) is 0.690. The molecule has 1 aromatic heterocycles. The molecule has 30 heavy (non-hydrogen) atoms. The molecule has 0 fully saturated rings. The van der Waals surface area contributed by atoms with Gasteiger partial charge in [0.2, 0.25) is 0 Å². The van der Waals surface area contributed by atoms with E-state index in [1.807, 2.05) is 25.3 Å². The number of halogens is 1. The predicted octanol–water partition coefficient (Wildman–Crippen LogP) is 5.44. The van der Waals surface area contributed by atoms with Gasteiger partial charge in [-0.3, -0.25) is 9.59 Å². The Labute approximate surface area is 179 Å². The van der Waals surface area contributed by atoms with Crippen LogP contribution in [-0.4, -0.2) is 11.7 Å². The molecule has 1 aliphatic carbocycles. The van der Waals surface area contributed by atoms with E-state index in [-0.39, 0.29) is 22.9 Å². The molecule has 1 aromatic carbocycles. The van der Waals surface area contributed by atoms with Crippen LogP contribution in [-0.2, 0) is 9.59 Å². The van der Waals surface area contributed by atoms with Crippen LogP contribution in [0.25, 0.3) is 0 Å². The maximum Gasteiger partial charge on any atom is 0.254 e. The second-order valence-corrected chi connectivity index (χ2v) is 9.81. The number of nitrogens with one attached hydrogen (secondary N) is 2. The molecule has 0 saturated carbocycles. The number of rotatable bonds is 3. The number of thiophene rings is 1. The van der Waals surface area contributed by atoms with Gasteiger partial charge < -0.3 is 10.6 Å². The van der Waals surface area contributed by atoms with E-state index in [9.17, 15) is 14.0 Å². The summed E-state index contributed by atoms with van der Waals surface area (Å²) in [6, 6.07) is 7.70. The predicted molar refractivity (Wildman–Crippen MR) is 118 cm³/mol. The van der Waals surface area contributed by atoms with Gasteiger partial charge >= 0.3 is 0 Å². The van der Waals surface area contributed by atoms with Gasteiger partial charge in [0.1, 0.15) is 5.82 Å². The van der Waals surface area contributed by atoms with Crippen molar-refractivity contribution in [1.29, 1.82) is 0 Å². The minimum atomic E-state index is -0.398. The fraction of sp³-hybridized carbons (Fsp3) is 0.333. The Morgan fingerprint density at radius 1 is 1.17 bits per heavy atom. The van der Waals surface area contributed by atoms with E-state index >= 15 is 0 Å². The molecule has 2 N–H and O–H groups in total. The topological polar surface area (TPSA) is 58.2 Å². The van der Waals surface area contributed by atoms with E-state index in [4.69, 9.17) is 0 Å². The van der Waals surface area contributed by atoms with E-state index < -0.39 is 5.92 Å². The summed E-state index contributed by atoms with van der Waals surface area (Å²) in [6.07, 6.45) is 1.22. The minimum Gasteiger partial charge on any atom is -0.362 e. The van der Waals surface area contributed by atoms with E-state index in [0.717, 1.165) is 28.3 Å². The third kappa shape index (κ3) is 3.72. The van der Waals surface area contributed by atoms with Gasteiger partial charge in [-0.1, -0.05) is 13.8 Å². The third-order valence-corrected chi connectivity index (χ3v) is 6.83. The van der Waals surface area contributed by atoms with Crippen molar-refractivity contribution >= 4 is 28.7 Å². The summed E-state index contributed by atoms with van der Waals surface area (Å²) >= 11 is 1.57. The summed E-state index contributed by atoms with van der Waals surface area (Å²) in [7, 11) is 0. The van der Waals surface area contributed by atoms with Crippen molar-refractivity contribution in [3.05, 3.63) is 74.5 Å². The van der Waals surface area contributed by atoms with Gasteiger partial charge in [-0.15, -0.1) is 11.3 Å². The maximum absolute atomic E-state index is 13.4. The molecule has 2 heterocycles. The van der Waals surface area contributed by atoms with Crippen LogP contribution in [0.5, 0.6) is 0 Å². The fourth-order valence-electron chi connectivity index (χ4n) is 4.41. The van der Waals surface area contributed by atoms with Crippen molar-refractivity contribution in [2.75, 3.05) is 5.32 Å². The first kappa shape index (κ1) is 20.5. The molecule has 2 aliphatic rings. The van der Waals surface area contributed by atoms with Crippen molar-refractivity contribution < 1.29 is 14.0 Å². The number of hydrogen-bond acceptors (Lipinski definition) is 4. The Kier molecular flexibility index (Phi) is 5.14. The first-order valence-corrected chi connectivity index (χ1v) is 10.9. The number of hydrogen-bond donors (Lipinski definition) is 2. The maximum atomic E-state index is 13.4. The SMILES string of the molecule is CC1=C(C(=O)Nc2ccc(F)cc2)[C@H](c2sccc2C)C2=C(CC(C)(C)CC2=O)N1. The summed E-state index contributed by atoms with van der Waals surface area (Å²) in [5, 5.41) is 8.23. The van der Waals surface area contributed by atoms with Crippen molar-refractivity contribution in [1.82, 2.24) is 5.32 Å². The molecule has 0 radical (unpaired) electrons. The molecule has 0 unspecified atom stereocenters. The van der Waals surface area contributed by atoms with E-state index in [2.05, 4.69) is 24.5 Å². The number of allylic oxidation sites excluding steroid dienone is 3. The third-order valence-electron chi connectivity index (χ3n) is 5.75. The highest BCUT2D eigenvalue weighted by Crippen LogP contribution is 2.48. The average Bonchev–Trinajstić information content (AvgIpc) is 3.07. The van der Waals surface area contributed by atoms with Gasteiger partial charge in [0.15, 0.2) is 5.78 Å². The van der Waals surface area contributed by atoms with Crippen LogP contribution in [0, 0.1) is 18.2 Å². The Morgan fingerprint density at radius 2 is 1.87 bits per heavy atom. The Morgan fingerprint density at radius 3 is 2.50 bits per heavy atom. The van der Waals surface area contributed by atoms with Crippen LogP contribution in [0.1, 0.15) is 50.0 Å². The lowest BCUT2D eigenvalue weighted by atomic mass is 9.69. The van der Waals surface area contributed by atoms with Gasteiger partial charge in [-0.05, 0) is 67.0 Å². The van der Waals surface area contributed by atoms with Crippen LogP contribution in [0.4, 0.5) is 10.1 Å². The summed E-state index contributed by atoms with van der Waals surface area (Å²) in [5.74, 6) is -0.954. The molecular formula is C24H25FN2O2S. The van der Waals surface area contributed by atoms with Crippen molar-refractivity contribution in [3.63, 3.8) is 0 Å². The van der Waals surface area contributed by atoms with Crippen LogP contribution in [0.2, 0.25) is 0 Å². The van der Waals surface area contributed by atoms with E-state index in [1.165, 1.54) is 24.3 Å². The summed E-state index contributed by atoms with van der Waals surface area (Å²) in [5.41, 5.74) is 4.37. The van der Waals surface area contributed by atoms with Crippen molar-refractivity contribution in [2.24, 2.45) is 5.41 Å².